The summed E-state index contributed by atoms with van der Waals surface area (Å²) in [5.41, 5.74) is 0.582. The minimum Gasteiger partial charge on any atom is -0.454 e. The lowest BCUT2D eigenvalue weighted by molar-refractivity contribution is 0.0337. The molecule has 1 unspecified atom stereocenters. The molecule has 0 aliphatic carbocycles. The number of hydrogen-bond acceptors (Lipinski definition) is 4. The van der Waals surface area contributed by atoms with E-state index in [4.69, 9.17) is 4.74 Å². The Balaban J connectivity index is 2.11. The van der Waals surface area contributed by atoms with E-state index >= 15 is 0 Å². The second-order valence-electron chi connectivity index (χ2n) is 4.93. The van der Waals surface area contributed by atoms with Crippen molar-refractivity contribution >= 4 is 15.8 Å². The van der Waals surface area contributed by atoms with Crippen molar-refractivity contribution in [3.8, 4) is 0 Å². The van der Waals surface area contributed by atoms with Crippen LogP contribution in [0.5, 0.6) is 0 Å². The topological polar surface area (TPSA) is 60.4 Å². The molecule has 0 fully saturated rings. The molecule has 8 heteroatoms. The summed E-state index contributed by atoms with van der Waals surface area (Å²) >= 11 is 0. The zero-order valence-corrected chi connectivity index (χ0v) is 13.3. The fourth-order valence-electron chi connectivity index (χ4n) is 1.91. The van der Waals surface area contributed by atoms with Crippen molar-refractivity contribution in [2.24, 2.45) is 0 Å². The third kappa shape index (κ3) is 3.94. The Hall–Kier alpha value is -2.35. The van der Waals surface area contributed by atoms with Crippen molar-refractivity contribution in [2.45, 2.75) is 23.7 Å². The van der Waals surface area contributed by atoms with Crippen molar-refractivity contribution in [3.63, 3.8) is 0 Å². The largest absolute Gasteiger partial charge is 0.454 e. The molecular weight excluding hydrogens is 345 g/mol. The molecule has 128 valence electrons. The Morgan fingerprint density at radius 3 is 2.04 bits per heavy atom. The number of sulfone groups is 1. The van der Waals surface area contributed by atoms with E-state index in [0.29, 0.717) is 5.56 Å². The molecule has 0 bridgehead atoms. The van der Waals surface area contributed by atoms with Crippen molar-refractivity contribution < 1.29 is 31.1 Å². The number of halogens is 3. The maximum Gasteiger partial charge on any atom is 0.341 e. The predicted molar refractivity (Wildman–Crippen MR) is 79.9 cm³/mol. The molecule has 2 aromatic carbocycles. The van der Waals surface area contributed by atoms with Crippen LogP contribution in [0, 0.1) is 5.82 Å². The van der Waals surface area contributed by atoms with Crippen molar-refractivity contribution in [1.82, 2.24) is 0 Å². The molecule has 0 aliphatic heterocycles. The first-order valence-electron chi connectivity index (χ1n) is 6.80. The van der Waals surface area contributed by atoms with Crippen LogP contribution in [0.25, 0.3) is 0 Å². The zero-order valence-electron chi connectivity index (χ0n) is 12.4. The molecular formula is C16H13F3O4S. The average Bonchev–Trinajstić information content (AvgIpc) is 2.55. The molecule has 0 saturated heterocycles. The van der Waals surface area contributed by atoms with E-state index in [-0.39, 0.29) is 5.56 Å². The van der Waals surface area contributed by atoms with Gasteiger partial charge in [-0.3, -0.25) is 0 Å². The summed E-state index contributed by atoms with van der Waals surface area (Å²) in [5.74, 6) is -4.71. The van der Waals surface area contributed by atoms with Gasteiger partial charge in [0, 0.05) is 0 Å². The van der Waals surface area contributed by atoms with Gasteiger partial charge >= 0.3 is 11.7 Å². The molecule has 0 aliphatic rings. The molecule has 0 aromatic heterocycles. The highest BCUT2D eigenvalue weighted by atomic mass is 32.2. The quantitative estimate of drug-likeness (QED) is 0.764. The van der Waals surface area contributed by atoms with Gasteiger partial charge in [-0.25, -0.2) is 17.6 Å². The van der Waals surface area contributed by atoms with Gasteiger partial charge in [-0.15, -0.1) is 0 Å². The first kappa shape index (κ1) is 18.0. The van der Waals surface area contributed by atoms with Crippen LogP contribution in [-0.2, 0) is 14.6 Å². The Bertz CT molecular complexity index is 815. The van der Waals surface area contributed by atoms with Gasteiger partial charge < -0.3 is 4.74 Å². The summed E-state index contributed by atoms with van der Waals surface area (Å²) in [6.45, 7) is 1.58. The molecule has 0 saturated carbocycles. The molecule has 1 atom stereocenters. The van der Waals surface area contributed by atoms with Gasteiger partial charge in [-0.2, -0.15) is 8.78 Å². The number of ether oxygens (including phenoxy) is 1. The fourth-order valence-corrected chi connectivity index (χ4v) is 2.64. The van der Waals surface area contributed by atoms with Crippen LogP contribution in [0.3, 0.4) is 0 Å². The SMILES string of the molecule is CC(OC(=O)c1ccc(S(=O)(=O)C(F)F)cc1)c1ccc(F)cc1. The zero-order chi connectivity index (χ0) is 17.9. The minimum atomic E-state index is -4.71. The summed E-state index contributed by atoms with van der Waals surface area (Å²) in [6, 6.07) is 9.40. The van der Waals surface area contributed by atoms with Gasteiger partial charge in [-0.1, -0.05) is 12.1 Å². The van der Waals surface area contributed by atoms with E-state index in [0.717, 1.165) is 24.3 Å². The number of hydrogen-bond donors (Lipinski definition) is 0. The molecule has 0 amide bonds. The van der Waals surface area contributed by atoms with Crippen molar-refractivity contribution in [3.05, 3.63) is 65.5 Å². The Morgan fingerprint density at radius 2 is 1.54 bits per heavy atom. The van der Waals surface area contributed by atoms with Gasteiger partial charge in [-0.05, 0) is 48.9 Å². The van der Waals surface area contributed by atoms with Gasteiger partial charge in [0.2, 0.25) is 9.84 Å². The molecule has 0 heterocycles. The molecule has 0 spiro atoms. The van der Waals surface area contributed by atoms with E-state index < -0.39 is 38.4 Å². The van der Waals surface area contributed by atoms with Crippen LogP contribution in [0.1, 0.15) is 28.9 Å². The number of carbonyl (C=O) groups is 1. The summed E-state index contributed by atoms with van der Waals surface area (Å²) < 4.78 is 65.5. The summed E-state index contributed by atoms with van der Waals surface area (Å²) in [5, 5.41) is 0. The highest BCUT2D eigenvalue weighted by molar-refractivity contribution is 7.91. The normalized spacial score (nSPS) is 12.9. The first-order chi connectivity index (χ1) is 11.2. The Labute approximate surface area is 136 Å². The summed E-state index contributed by atoms with van der Waals surface area (Å²) in [4.78, 5) is 11.4. The number of rotatable bonds is 5. The number of benzene rings is 2. The van der Waals surface area contributed by atoms with Crippen LogP contribution in [0.2, 0.25) is 0 Å². The smallest absolute Gasteiger partial charge is 0.341 e. The third-order valence-corrected chi connectivity index (χ3v) is 4.67. The number of carbonyl (C=O) groups excluding carboxylic acids is 1. The summed E-state index contributed by atoms with van der Waals surface area (Å²) in [7, 11) is -4.71. The van der Waals surface area contributed by atoms with Gasteiger partial charge in [0.1, 0.15) is 11.9 Å². The highest BCUT2D eigenvalue weighted by Crippen LogP contribution is 2.21. The van der Waals surface area contributed by atoms with E-state index in [9.17, 15) is 26.4 Å². The Kier molecular flexibility index (Phi) is 5.28. The molecule has 0 radical (unpaired) electrons. The van der Waals surface area contributed by atoms with Crippen LogP contribution >= 0.6 is 0 Å². The second kappa shape index (κ2) is 7.04. The van der Waals surface area contributed by atoms with Crippen molar-refractivity contribution in [2.75, 3.05) is 0 Å². The van der Waals surface area contributed by atoms with Crippen LogP contribution < -0.4 is 0 Å². The van der Waals surface area contributed by atoms with E-state index in [1.54, 1.807) is 6.92 Å². The predicted octanol–water partition coefficient (Wildman–Crippen LogP) is 3.74. The standard InChI is InChI=1S/C16H13F3O4S/c1-10(11-2-6-13(17)7-3-11)23-15(20)12-4-8-14(9-5-12)24(21,22)16(18)19/h2-10,16H,1H3. The lowest BCUT2D eigenvalue weighted by Crippen LogP contribution is -2.12. The minimum absolute atomic E-state index is 0.0113. The Morgan fingerprint density at radius 1 is 1.00 bits per heavy atom. The van der Waals surface area contributed by atoms with Gasteiger partial charge in [0.25, 0.3) is 0 Å². The van der Waals surface area contributed by atoms with E-state index in [2.05, 4.69) is 0 Å². The van der Waals surface area contributed by atoms with E-state index in [1.807, 2.05) is 0 Å². The van der Waals surface area contributed by atoms with Crippen LogP contribution in [0.15, 0.2) is 53.4 Å². The maximum atomic E-state index is 12.9. The molecule has 0 N–H and O–H groups in total. The average molecular weight is 358 g/mol. The lowest BCUT2D eigenvalue weighted by atomic mass is 10.1. The van der Waals surface area contributed by atoms with Crippen LogP contribution in [-0.4, -0.2) is 20.1 Å². The van der Waals surface area contributed by atoms with Gasteiger partial charge in [0.15, 0.2) is 0 Å². The second-order valence-corrected chi connectivity index (χ2v) is 6.85. The first-order valence-corrected chi connectivity index (χ1v) is 8.35. The number of alkyl halides is 2. The maximum absolute atomic E-state index is 12.9. The lowest BCUT2D eigenvalue weighted by Gasteiger charge is -2.14. The van der Waals surface area contributed by atoms with Crippen molar-refractivity contribution in [1.29, 1.82) is 0 Å². The molecule has 24 heavy (non-hydrogen) atoms. The molecule has 4 nitrogen and oxygen atoms in total. The highest BCUT2D eigenvalue weighted by Gasteiger charge is 2.26. The van der Waals surface area contributed by atoms with Crippen LogP contribution in [0.4, 0.5) is 13.2 Å². The monoisotopic (exact) mass is 358 g/mol. The molecule has 2 rings (SSSR count). The van der Waals surface area contributed by atoms with Gasteiger partial charge in [0.05, 0.1) is 10.5 Å². The third-order valence-electron chi connectivity index (χ3n) is 3.28. The number of esters is 1. The van der Waals surface area contributed by atoms with E-state index in [1.165, 1.54) is 24.3 Å². The molecule has 2 aromatic rings. The fraction of sp³-hybridized carbons (Fsp3) is 0.188. The summed E-state index contributed by atoms with van der Waals surface area (Å²) in [6.07, 6.45) is -0.664.